The number of halogens is 1. The molecule has 0 N–H and O–H groups in total. The monoisotopic (exact) mass is 394 g/mol. The van der Waals surface area contributed by atoms with E-state index in [1.165, 1.54) is 16.4 Å². The number of rotatable bonds is 3. The second kappa shape index (κ2) is 7.40. The van der Waals surface area contributed by atoms with Gasteiger partial charge in [0.2, 0.25) is 10.0 Å². The van der Waals surface area contributed by atoms with Crippen LogP contribution in [0.5, 0.6) is 0 Å². The first kappa shape index (κ1) is 19.5. The Balaban J connectivity index is 1.77. The Kier molecular flexibility index (Phi) is 5.34. The predicted molar refractivity (Wildman–Crippen MR) is 98.4 cm³/mol. The van der Waals surface area contributed by atoms with Gasteiger partial charge in [-0.05, 0) is 44.5 Å². The second-order valence-electron chi connectivity index (χ2n) is 6.67. The number of carbonyl (C=O) groups is 1. The standard InChI is InChI=1S/C18H23FN4O3S/c1-13-17(14(2)21(3)20-13)18(24)22-9-4-10-23(12-11-22)27(25,26)16-7-5-15(19)6-8-16/h5-8H,4,9-12H2,1-3H3. The first-order valence-corrected chi connectivity index (χ1v) is 10.2. The summed E-state index contributed by atoms with van der Waals surface area (Å²) in [4.78, 5) is 14.7. The molecule has 2 aromatic rings. The summed E-state index contributed by atoms with van der Waals surface area (Å²) in [5.41, 5.74) is 2.03. The lowest BCUT2D eigenvalue weighted by Crippen LogP contribution is -2.37. The summed E-state index contributed by atoms with van der Waals surface area (Å²) in [6, 6.07) is 4.80. The molecule has 1 fully saturated rings. The van der Waals surface area contributed by atoms with Gasteiger partial charge in [-0.1, -0.05) is 0 Å². The van der Waals surface area contributed by atoms with Crippen molar-refractivity contribution in [3.05, 3.63) is 47.0 Å². The smallest absolute Gasteiger partial charge is 0.257 e. The van der Waals surface area contributed by atoms with E-state index in [9.17, 15) is 17.6 Å². The van der Waals surface area contributed by atoms with Gasteiger partial charge in [0.05, 0.1) is 16.2 Å². The SMILES string of the molecule is Cc1nn(C)c(C)c1C(=O)N1CCCN(S(=O)(=O)c2ccc(F)cc2)CC1. The van der Waals surface area contributed by atoms with Gasteiger partial charge in [0.1, 0.15) is 5.82 Å². The number of benzene rings is 1. The van der Waals surface area contributed by atoms with Gasteiger partial charge >= 0.3 is 0 Å². The molecule has 0 spiro atoms. The summed E-state index contributed by atoms with van der Waals surface area (Å²) in [6.45, 7) is 4.92. The molecule has 1 amide bonds. The van der Waals surface area contributed by atoms with Crippen molar-refractivity contribution in [2.24, 2.45) is 7.05 Å². The molecule has 7 nitrogen and oxygen atoms in total. The number of nitrogens with zero attached hydrogens (tertiary/aromatic N) is 4. The fraction of sp³-hybridized carbons (Fsp3) is 0.444. The van der Waals surface area contributed by atoms with E-state index in [2.05, 4.69) is 5.10 Å². The molecule has 0 saturated carbocycles. The molecule has 1 aromatic heterocycles. The Morgan fingerprint density at radius 2 is 1.74 bits per heavy atom. The fourth-order valence-electron chi connectivity index (χ4n) is 3.33. The van der Waals surface area contributed by atoms with Gasteiger partial charge in [-0.15, -0.1) is 0 Å². The van der Waals surface area contributed by atoms with Crippen LogP contribution in [0.3, 0.4) is 0 Å². The molecular formula is C18H23FN4O3S. The van der Waals surface area contributed by atoms with Crippen molar-refractivity contribution < 1.29 is 17.6 Å². The van der Waals surface area contributed by atoms with Crippen LogP contribution in [-0.4, -0.2) is 59.5 Å². The van der Waals surface area contributed by atoms with E-state index in [0.717, 1.165) is 17.8 Å². The van der Waals surface area contributed by atoms with Gasteiger partial charge in [0.25, 0.3) is 5.91 Å². The van der Waals surface area contributed by atoms with Crippen LogP contribution in [0.25, 0.3) is 0 Å². The molecule has 146 valence electrons. The van der Waals surface area contributed by atoms with Gasteiger partial charge in [-0.2, -0.15) is 9.40 Å². The molecule has 0 radical (unpaired) electrons. The molecule has 3 rings (SSSR count). The van der Waals surface area contributed by atoms with Gasteiger partial charge in [-0.25, -0.2) is 12.8 Å². The maximum absolute atomic E-state index is 13.1. The zero-order chi connectivity index (χ0) is 19.8. The summed E-state index contributed by atoms with van der Waals surface area (Å²) >= 11 is 0. The minimum absolute atomic E-state index is 0.0580. The summed E-state index contributed by atoms with van der Waals surface area (Å²) in [6.07, 6.45) is 0.532. The van der Waals surface area contributed by atoms with Gasteiger partial charge in [0, 0.05) is 38.9 Å². The number of aromatic nitrogens is 2. The molecule has 0 atom stereocenters. The number of amides is 1. The van der Waals surface area contributed by atoms with E-state index in [4.69, 9.17) is 0 Å². The molecule has 1 aliphatic heterocycles. The number of sulfonamides is 1. The molecule has 9 heteroatoms. The third-order valence-corrected chi connectivity index (χ3v) is 6.83. The lowest BCUT2D eigenvalue weighted by molar-refractivity contribution is 0.0762. The van der Waals surface area contributed by atoms with Crippen molar-refractivity contribution >= 4 is 15.9 Å². The van der Waals surface area contributed by atoms with E-state index in [-0.39, 0.29) is 17.3 Å². The van der Waals surface area contributed by atoms with Crippen LogP contribution in [-0.2, 0) is 17.1 Å². The first-order chi connectivity index (χ1) is 12.7. The highest BCUT2D eigenvalue weighted by Crippen LogP contribution is 2.20. The van der Waals surface area contributed by atoms with Crippen molar-refractivity contribution in [2.45, 2.75) is 25.2 Å². The van der Waals surface area contributed by atoms with Crippen molar-refractivity contribution in [1.29, 1.82) is 0 Å². The average molecular weight is 394 g/mol. The quantitative estimate of drug-likeness (QED) is 0.794. The van der Waals surface area contributed by atoms with Crippen molar-refractivity contribution in [2.75, 3.05) is 26.2 Å². The topological polar surface area (TPSA) is 75.5 Å². The van der Waals surface area contributed by atoms with Crippen molar-refractivity contribution in [3.8, 4) is 0 Å². The van der Waals surface area contributed by atoms with Crippen LogP contribution in [0.4, 0.5) is 4.39 Å². The van der Waals surface area contributed by atoms with Crippen LogP contribution >= 0.6 is 0 Å². The number of hydrogen-bond acceptors (Lipinski definition) is 4. The Labute approximate surface area is 158 Å². The van der Waals surface area contributed by atoms with Crippen molar-refractivity contribution in [3.63, 3.8) is 0 Å². The van der Waals surface area contributed by atoms with Gasteiger partial charge < -0.3 is 4.90 Å². The Morgan fingerprint density at radius 1 is 1.07 bits per heavy atom. The fourth-order valence-corrected chi connectivity index (χ4v) is 4.80. The molecule has 0 unspecified atom stereocenters. The molecular weight excluding hydrogens is 371 g/mol. The van der Waals surface area contributed by atoms with E-state index < -0.39 is 15.8 Å². The number of hydrogen-bond donors (Lipinski definition) is 0. The van der Waals surface area contributed by atoms with Crippen LogP contribution in [0.15, 0.2) is 29.2 Å². The number of aryl methyl sites for hydroxylation is 2. The Bertz CT molecular complexity index is 954. The lowest BCUT2D eigenvalue weighted by Gasteiger charge is -2.22. The maximum Gasteiger partial charge on any atom is 0.257 e. The maximum atomic E-state index is 13.1. The first-order valence-electron chi connectivity index (χ1n) is 8.77. The average Bonchev–Trinajstić information content (AvgIpc) is 2.81. The molecule has 0 bridgehead atoms. The third kappa shape index (κ3) is 3.74. The highest BCUT2D eigenvalue weighted by Gasteiger charge is 2.30. The zero-order valence-corrected chi connectivity index (χ0v) is 16.5. The third-order valence-electron chi connectivity index (χ3n) is 4.92. The normalized spacial score (nSPS) is 16.4. The molecule has 0 aliphatic carbocycles. The van der Waals surface area contributed by atoms with E-state index in [1.54, 1.807) is 23.6 Å². The van der Waals surface area contributed by atoms with Crippen LogP contribution in [0, 0.1) is 19.7 Å². The molecule has 2 heterocycles. The van der Waals surface area contributed by atoms with E-state index in [0.29, 0.717) is 37.3 Å². The molecule has 27 heavy (non-hydrogen) atoms. The van der Waals surface area contributed by atoms with Gasteiger partial charge in [0.15, 0.2) is 0 Å². The number of carbonyl (C=O) groups excluding carboxylic acids is 1. The Morgan fingerprint density at radius 3 is 2.33 bits per heavy atom. The summed E-state index contributed by atoms with van der Waals surface area (Å²) in [5.74, 6) is -0.608. The highest BCUT2D eigenvalue weighted by atomic mass is 32.2. The minimum Gasteiger partial charge on any atom is -0.337 e. The van der Waals surface area contributed by atoms with Crippen LogP contribution in [0.2, 0.25) is 0 Å². The minimum atomic E-state index is -3.72. The van der Waals surface area contributed by atoms with Crippen molar-refractivity contribution in [1.82, 2.24) is 19.0 Å². The van der Waals surface area contributed by atoms with E-state index >= 15 is 0 Å². The summed E-state index contributed by atoms with van der Waals surface area (Å²) in [7, 11) is -1.93. The van der Waals surface area contributed by atoms with Crippen LogP contribution < -0.4 is 0 Å². The van der Waals surface area contributed by atoms with Crippen LogP contribution in [0.1, 0.15) is 28.2 Å². The van der Waals surface area contributed by atoms with E-state index in [1.807, 2.05) is 6.92 Å². The lowest BCUT2D eigenvalue weighted by atomic mass is 10.1. The second-order valence-corrected chi connectivity index (χ2v) is 8.61. The largest absolute Gasteiger partial charge is 0.337 e. The summed E-state index contributed by atoms with van der Waals surface area (Å²) < 4.78 is 41.7. The Hall–Kier alpha value is -2.26. The summed E-state index contributed by atoms with van der Waals surface area (Å²) in [5, 5.41) is 4.28. The molecule has 1 saturated heterocycles. The predicted octanol–water partition coefficient (Wildman–Crippen LogP) is 1.71. The zero-order valence-electron chi connectivity index (χ0n) is 15.6. The highest BCUT2D eigenvalue weighted by molar-refractivity contribution is 7.89. The van der Waals surface area contributed by atoms with Gasteiger partial charge in [-0.3, -0.25) is 9.48 Å². The molecule has 1 aromatic carbocycles. The molecule has 1 aliphatic rings.